The number of fused-ring (bicyclic) bond motifs is 1. The third-order valence-electron chi connectivity index (χ3n) is 5.55. The van der Waals surface area contributed by atoms with Crippen molar-refractivity contribution in [2.45, 2.75) is 37.8 Å². The van der Waals surface area contributed by atoms with E-state index in [1.165, 1.54) is 12.4 Å². The third kappa shape index (κ3) is 4.05. The Morgan fingerprint density at radius 3 is 2.78 bits per heavy atom. The number of amides is 1. The average molecular weight is 432 g/mol. The maximum atomic E-state index is 12.7. The van der Waals surface area contributed by atoms with Crippen LogP contribution in [0.2, 0.25) is 0 Å². The number of aromatic amines is 1. The molecule has 1 fully saturated rings. The van der Waals surface area contributed by atoms with Crippen molar-refractivity contribution in [1.82, 2.24) is 25.5 Å². The van der Waals surface area contributed by atoms with Gasteiger partial charge in [-0.3, -0.25) is 9.89 Å². The lowest BCUT2D eigenvalue weighted by Crippen LogP contribution is -2.40. The molecule has 1 aliphatic carbocycles. The Labute approximate surface area is 183 Å². The maximum absolute atomic E-state index is 12.7. The first-order valence-electron chi connectivity index (χ1n) is 10.3. The summed E-state index contributed by atoms with van der Waals surface area (Å²) in [6.07, 6.45) is 5.94. The number of hydrogen-bond acceptors (Lipinski definition) is 8. The lowest BCUT2D eigenvalue weighted by atomic mass is 9.93. The SMILES string of the molecule is N#Cc1nccnc1OC1CCC(NC(=O)c2cc(-c3ccc4c(c3)OCO4)n[nH]2)CC1. The number of rotatable bonds is 5. The van der Waals surface area contributed by atoms with Crippen LogP contribution < -0.4 is 19.5 Å². The summed E-state index contributed by atoms with van der Waals surface area (Å²) in [5, 5.41) is 19.2. The van der Waals surface area contributed by atoms with Gasteiger partial charge in [-0.2, -0.15) is 10.4 Å². The van der Waals surface area contributed by atoms with Gasteiger partial charge in [0.15, 0.2) is 11.5 Å². The number of aromatic nitrogens is 4. The van der Waals surface area contributed by atoms with E-state index in [1.807, 2.05) is 24.3 Å². The molecule has 0 saturated heterocycles. The number of nitriles is 1. The lowest BCUT2D eigenvalue weighted by molar-refractivity contribution is 0.0884. The van der Waals surface area contributed by atoms with E-state index in [0.717, 1.165) is 31.2 Å². The predicted molar refractivity (Wildman–Crippen MR) is 111 cm³/mol. The number of carbonyl (C=O) groups excluding carboxylic acids is 1. The molecule has 1 aliphatic heterocycles. The minimum Gasteiger partial charge on any atom is -0.472 e. The summed E-state index contributed by atoms with van der Waals surface area (Å²) in [5.41, 5.74) is 2.07. The van der Waals surface area contributed by atoms with Gasteiger partial charge in [0, 0.05) is 24.0 Å². The van der Waals surface area contributed by atoms with Crippen LogP contribution in [-0.4, -0.2) is 45.0 Å². The smallest absolute Gasteiger partial charge is 0.269 e. The summed E-state index contributed by atoms with van der Waals surface area (Å²) < 4.78 is 16.6. The Morgan fingerprint density at radius 1 is 1.12 bits per heavy atom. The molecular weight excluding hydrogens is 412 g/mol. The fourth-order valence-corrected chi connectivity index (χ4v) is 3.88. The van der Waals surface area contributed by atoms with Crippen LogP contribution in [0.4, 0.5) is 0 Å². The minimum atomic E-state index is -0.199. The number of H-pyrrole nitrogens is 1. The number of ether oxygens (including phenoxy) is 3. The zero-order valence-corrected chi connectivity index (χ0v) is 17.1. The first-order chi connectivity index (χ1) is 15.7. The van der Waals surface area contributed by atoms with Crippen LogP contribution in [0, 0.1) is 11.3 Å². The zero-order valence-electron chi connectivity index (χ0n) is 17.1. The van der Waals surface area contributed by atoms with E-state index >= 15 is 0 Å². The highest BCUT2D eigenvalue weighted by molar-refractivity contribution is 5.93. The molecule has 2 N–H and O–H groups in total. The Kier molecular flexibility index (Phi) is 5.29. The van der Waals surface area contributed by atoms with E-state index in [2.05, 4.69) is 25.5 Å². The first-order valence-corrected chi connectivity index (χ1v) is 10.3. The fraction of sp³-hybridized carbons (Fsp3) is 0.318. The second kappa shape index (κ2) is 8.55. The topological polar surface area (TPSA) is 135 Å². The fourth-order valence-electron chi connectivity index (χ4n) is 3.88. The quantitative estimate of drug-likeness (QED) is 0.628. The van der Waals surface area contributed by atoms with Gasteiger partial charge < -0.3 is 19.5 Å². The van der Waals surface area contributed by atoms with E-state index in [1.54, 1.807) is 6.07 Å². The molecule has 3 aromatic rings. The van der Waals surface area contributed by atoms with Crippen molar-refractivity contribution in [3.8, 4) is 34.7 Å². The summed E-state index contributed by atoms with van der Waals surface area (Å²) in [5.74, 6) is 1.43. The number of hydrogen-bond donors (Lipinski definition) is 2. The summed E-state index contributed by atoms with van der Waals surface area (Å²) in [7, 11) is 0. The molecule has 2 aromatic heterocycles. The van der Waals surface area contributed by atoms with Crippen molar-refractivity contribution in [2.24, 2.45) is 0 Å². The Hall–Kier alpha value is -4.13. The second-order valence-corrected chi connectivity index (χ2v) is 7.62. The lowest BCUT2D eigenvalue weighted by Gasteiger charge is -2.29. The van der Waals surface area contributed by atoms with Crippen molar-refractivity contribution in [3.63, 3.8) is 0 Å². The summed E-state index contributed by atoms with van der Waals surface area (Å²) in [6.45, 7) is 0.207. The van der Waals surface area contributed by atoms with Crippen LogP contribution in [0.1, 0.15) is 41.9 Å². The molecule has 162 valence electrons. The molecule has 0 atom stereocenters. The van der Waals surface area contributed by atoms with E-state index in [-0.39, 0.29) is 36.4 Å². The highest BCUT2D eigenvalue weighted by Gasteiger charge is 2.26. The molecule has 1 aromatic carbocycles. The van der Waals surface area contributed by atoms with Crippen molar-refractivity contribution in [3.05, 3.63) is 48.0 Å². The molecular formula is C22H20N6O4. The van der Waals surface area contributed by atoms with Crippen molar-refractivity contribution in [2.75, 3.05) is 6.79 Å². The largest absolute Gasteiger partial charge is 0.472 e. The standard InChI is InChI=1S/C22H20N6O4/c23-11-18-22(25-8-7-24-18)32-15-4-2-14(3-5-15)26-21(29)17-10-16(27-28-17)13-1-6-19-20(9-13)31-12-30-19/h1,6-10,14-15H,2-5,12H2,(H,26,29)(H,27,28). The van der Waals surface area contributed by atoms with E-state index < -0.39 is 0 Å². The molecule has 0 unspecified atom stereocenters. The number of nitrogens with zero attached hydrogens (tertiary/aromatic N) is 4. The van der Waals surface area contributed by atoms with Crippen molar-refractivity contribution < 1.29 is 19.0 Å². The molecule has 5 rings (SSSR count). The number of carbonyl (C=O) groups is 1. The molecule has 0 radical (unpaired) electrons. The molecule has 0 spiro atoms. The highest BCUT2D eigenvalue weighted by Crippen LogP contribution is 2.35. The van der Waals surface area contributed by atoms with E-state index in [4.69, 9.17) is 19.5 Å². The minimum absolute atomic E-state index is 0.0388. The van der Waals surface area contributed by atoms with Gasteiger partial charge in [0.05, 0.1) is 5.69 Å². The highest BCUT2D eigenvalue weighted by atomic mass is 16.7. The number of nitrogens with one attached hydrogen (secondary N) is 2. The monoisotopic (exact) mass is 432 g/mol. The molecule has 1 saturated carbocycles. The van der Waals surface area contributed by atoms with Gasteiger partial charge in [-0.25, -0.2) is 9.97 Å². The maximum Gasteiger partial charge on any atom is 0.269 e. The Morgan fingerprint density at radius 2 is 1.94 bits per heavy atom. The van der Waals surface area contributed by atoms with E-state index in [9.17, 15) is 4.79 Å². The van der Waals surface area contributed by atoms with Gasteiger partial charge in [0.1, 0.15) is 17.9 Å². The van der Waals surface area contributed by atoms with Crippen molar-refractivity contribution in [1.29, 1.82) is 5.26 Å². The normalized spacial score (nSPS) is 19.2. The first kappa shape index (κ1) is 19.8. The van der Waals surface area contributed by atoms with Gasteiger partial charge in [0.2, 0.25) is 12.5 Å². The molecule has 2 aliphatic rings. The predicted octanol–water partition coefficient (Wildman–Crippen LogP) is 2.59. The molecule has 10 heteroatoms. The van der Waals surface area contributed by atoms with Gasteiger partial charge >= 0.3 is 0 Å². The Balaban J connectivity index is 1.16. The van der Waals surface area contributed by atoms with Crippen LogP contribution in [0.25, 0.3) is 11.3 Å². The third-order valence-corrected chi connectivity index (χ3v) is 5.55. The van der Waals surface area contributed by atoms with Gasteiger partial charge in [-0.15, -0.1) is 0 Å². The summed E-state index contributed by atoms with van der Waals surface area (Å²) >= 11 is 0. The van der Waals surface area contributed by atoms with Crippen LogP contribution >= 0.6 is 0 Å². The summed E-state index contributed by atoms with van der Waals surface area (Å²) in [4.78, 5) is 20.7. The number of benzene rings is 1. The van der Waals surface area contributed by atoms with Crippen LogP contribution in [0.5, 0.6) is 17.4 Å². The van der Waals surface area contributed by atoms with Gasteiger partial charge in [-0.1, -0.05) is 0 Å². The average Bonchev–Trinajstić information content (AvgIpc) is 3.50. The molecule has 1 amide bonds. The van der Waals surface area contributed by atoms with E-state index in [0.29, 0.717) is 22.9 Å². The molecule has 10 nitrogen and oxygen atoms in total. The van der Waals surface area contributed by atoms with Gasteiger partial charge in [-0.05, 0) is 49.9 Å². The van der Waals surface area contributed by atoms with Crippen molar-refractivity contribution >= 4 is 5.91 Å². The summed E-state index contributed by atoms with van der Waals surface area (Å²) in [6, 6.07) is 9.29. The molecule has 3 heterocycles. The van der Waals surface area contributed by atoms with Crippen LogP contribution in [0.15, 0.2) is 36.7 Å². The van der Waals surface area contributed by atoms with Gasteiger partial charge in [0.25, 0.3) is 11.8 Å². The zero-order chi connectivity index (χ0) is 21.9. The second-order valence-electron chi connectivity index (χ2n) is 7.62. The van der Waals surface area contributed by atoms with Crippen LogP contribution in [0.3, 0.4) is 0 Å². The molecule has 32 heavy (non-hydrogen) atoms. The molecule has 0 bridgehead atoms. The Bertz CT molecular complexity index is 1180. The van der Waals surface area contributed by atoms with Crippen LogP contribution in [-0.2, 0) is 0 Å².